The highest BCUT2D eigenvalue weighted by molar-refractivity contribution is 5.94. The fraction of sp³-hybridized carbons (Fsp3) is 0.600. The first-order valence-corrected chi connectivity index (χ1v) is 9.67. The lowest BCUT2D eigenvalue weighted by atomic mass is 10.0. The monoisotopic (exact) mass is 343 g/mol. The summed E-state index contributed by atoms with van der Waals surface area (Å²) >= 11 is 0. The number of hydrogen-bond acceptors (Lipinski definition) is 2. The van der Waals surface area contributed by atoms with E-state index in [0.717, 1.165) is 51.0 Å². The Kier molecular flexibility index (Phi) is 6.31. The molecule has 1 saturated heterocycles. The quantitative estimate of drug-likeness (QED) is 0.915. The smallest absolute Gasteiger partial charge is 0.317 e. The minimum absolute atomic E-state index is 0.0197. The molecule has 0 spiro atoms. The van der Waals surface area contributed by atoms with Gasteiger partial charge in [0, 0.05) is 38.3 Å². The van der Waals surface area contributed by atoms with Crippen LogP contribution >= 0.6 is 0 Å². The summed E-state index contributed by atoms with van der Waals surface area (Å²) in [6.07, 6.45) is 8.24. The molecule has 0 unspecified atom stereocenters. The summed E-state index contributed by atoms with van der Waals surface area (Å²) in [5.41, 5.74) is 2.28. The SMILES string of the molecule is O=C(NCCC(=O)N1CCCc2ccccc21)N1CCCCCCC1. The number of amides is 3. The Morgan fingerprint density at radius 1 is 0.920 bits per heavy atom. The van der Waals surface area contributed by atoms with E-state index in [1.807, 2.05) is 28.0 Å². The van der Waals surface area contributed by atoms with Gasteiger partial charge in [-0.15, -0.1) is 0 Å². The lowest BCUT2D eigenvalue weighted by molar-refractivity contribution is -0.118. The molecule has 0 bridgehead atoms. The van der Waals surface area contributed by atoms with Crippen LogP contribution in [0.4, 0.5) is 10.5 Å². The van der Waals surface area contributed by atoms with Crippen LogP contribution < -0.4 is 10.2 Å². The highest BCUT2D eigenvalue weighted by Gasteiger charge is 2.22. The number of benzene rings is 1. The summed E-state index contributed by atoms with van der Waals surface area (Å²) in [4.78, 5) is 28.7. The average Bonchev–Trinajstić information content (AvgIpc) is 2.60. The van der Waals surface area contributed by atoms with Gasteiger partial charge >= 0.3 is 6.03 Å². The molecule has 2 aliphatic heterocycles. The van der Waals surface area contributed by atoms with Gasteiger partial charge in [0.1, 0.15) is 0 Å². The predicted molar refractivity (Wildman–Crippen MR) is 99.8 cm³/mol. The summed E-state index contributed by atoms with van der Waals surface area (Å²) in [5, 5.41) is 2.93. The van der Waals surface area contributed by atoms with E-state index in [4.69, 9.17) is 0 Å². The molecule has 1 fully saturated rings. The maximum atomic E-state index is 12.6. The lowest BCUT2D eigenvalue weighted by Crippen LogP contribution is -2.43. The Balaban J connectivity index is 1.47. The van der Waals surface area contributed by atoms with Crippen LogP contribution in [0.1, 0.15) is 50.5 Å². The minimum Gasteiger partial charge on any atom is -0.337 e. The fourth-order valence-corrected chi connectivity index (χ4v) is 3.77. The maximum Gasteiger partial charge on any atom is 0.317 e. The van der Waals surface area contributed by atoms with Crippen molar-refractivity contribution in [3.63, 3.8) is 0 Å². The molecule has 0 atom stereocenters. The number of carbonyl (C=O) groups excluding carboxylic acids is 2. The van der Waals surface area contributed by atoms with E-state index in [2.05, 4.69) is 11.4 Å². The summed E-state index contributed by atoms with van der Waals surface area (Å²) in [6, 6.07) is 8.10. The molecule has 0 aromatic heterocycles. The van der Waals surface area contributed by atoms with E-state index in [9.17, 15) is 9.59 Å². The van der Waals surface area contributed by atoms with E-state index in [1.54, 1.807) is 0 Å². The van der Waals surface area contributed by atoms with Crippen LogP contribution in [0.25, 0.3) is 0 Å². The van der Waals surface area contributed by atoms with Crippen molar-refractivity contribution in [2.45, 2.75) is 51.4 Å². The summed E-state index contributed by atoms with van der Waals surface area (Å²) in [7, 11) is 0. The predicted octanol–water partition coefficient (Wildman–Crippen LogP) is 3.33. The first-order chi connectivity index (χ1) is 12.3. The molecule has 2 heterocycles. The molecule has 1 N–H and O–H groups in total. The maximum absolute atomic E-state index is 12.6. The van der Waals surface area contributed by atoms with Crippen molar-refractivity contribution >= 4 is 17.6 Å². The minimum atomic E-state index is -0.0197. The molecule has 0 aliphatic carbocycles. The van der Waals surface area contributed by atoms with E-state index in [0.29, 0.717) is 13.0 Å². The molecule has 136 valence electrons. The molecular formula is C20H29N3O2. The first kappa shape index (κ1) is 17.8. The topological polar surface area (TPSA) is 52.7 Å². The number of likely N-dealkylation sites (tertiary alicyclic amines) is 1. The molecule has 0 saturated carbocycles. The molecule has 5 nitrogen and oxygen atoms in total. The molecule has 0 radical (unpaired) electrons. The molecule has 3 amide bonds. The van der Waals surface area contributed by atoms with Crippen LogP contribution in [-0.4, -0.2) is 43.0 Å². The second kappa shape index (κ2) is 8.88. The van der Waals surface area contributed by atoms with Crippen LogP contribution in [-0.2, 0) is 11.2 Å². The number of anilines is 1. The third kappa shape index (κ3) is 4.74. The number of para-hydroxylation sites is 1. The van der Waals surface area contributed by atoms with Gasteiger partial charge in [-0.1, -0.05) is 37.5 Å². The van der Waals surface area contributed by atoms with Crippen LogP contribution in [0.3, 0.4) is 0 Å². The number of hydrogen-bond donors (Lipinski definition) is 1. The van der Waals surface area contributed by atoms with Crippen molar-refractivity contribution in [2.24, 2.45) is 0 Å². The Morgan fingerprint density at radius 2 is 1.64 bits per heavy atom. The van der Waals surface area contributed by atoms with Crippen molar-refractivity contribution in [2.75, 3.05) is 31.1 Å². The summed E-state index contributed by atoms with van der Waals surface area (Å²) in [6.45, 7) is 2.85. The zero-order chi connectivity index (χ0) is 17.5. The molecular weight excluding hydrogens is 314 g/mol. The van der Waals surface area contributed by atoms with E-state index < -0.39 is 0 Å². The van der Waals surface area contributed by atoms with Gasteiger partial charge in [-0.05, 0) is 37.3 Å². The Labute approximate surface area is 150 Å². The standard InChI is InChI=1S/C20H29N3O2/c24-19(23-16-8-10-17-9-4-5-11-18(17)23)12-13-21-20(25)22-14-6-2-1-3-7-15-22/h4-5,9,11H,1-3,6-8,10,12-16H2,(H,21,25). The van der Waals surface area contributed by atoms with Crippen molar-refractivity contribution in [1.29, 1.82) is 0 Å². The third-order valence-electron chi connectivity index (χ3n) is 5.17. The van der Waals surface area contributed by atoms with Crippen LogP contribution in [0.15, 0.2) is 24.3 Å². The number of fused-ring (bicyclic) bond motifs is 1. The van der Waals surface area contributed by atoms with Crippen molar-refractivity contribution in [3.8, 4) is 0 Å². The van der Waals surface area contributed by atoms with Crippen LogP contribution in [0.2, 0.25) is 0 Å². The van der Waals surface area contributed by atoms with Crippen LogP contribution in [0.5, 0.6) is 0 Å². The van der Waals surface area contributed by atoms with Crippen molar-refractivity contribution in [1.82, 2.24) is 10.2 Å². The van der Waals surface area contributed by atoms with Gasteiger partial charge < -0.3 is 15.1 Å². The third-order valence-corrected chi connectivity index (χ3v) is 5.17. The zero-order valence-corrected chi connectivity index (χ0v) is 15.0. The average molecular weight is 343 g/mol. The Bertz CT molecular complexity index is 594. The van der Waals surface area contributed by atoms with Gasteiger partial charge in [0.15, 0.2) is 0 Å². The number of carbonyl (C=O) groups is 2. The first-order valence-electron chi connectivity index (χ1n) is 9.67. The normalized spacial score (nSPS) is 18.1. The van der Waals surface area contributed by atoms with E-state index in [1.165, 1.54) is 24.8 Å². The summed E-state index contributed by atoms with van der Waals surface area (Å²) < 4.78 is 0. The van der Waals surface area contributed by atoms with Crippen molar-refractivity contribution in [3.05, 3.63) is 29.8 Å². The number of nitrogens with zero attached hydrogens (tertiary/aromatic N) is 2. The zero-order valence-electron chi connectivity index (χ0n) is 15.0. The molecule has 3 rings (SSSR count). The van der Waals surface area contributed by atoms with Gasteiger partial charge in [0.25, 0.3) is 0 Å². The Morgan fingerprint density at radius 3 is 2.44 bits per heavy atom. The van der Waals surface area contributed by atoms with Gasteiger partial charge in [-0.25, -0.2) is 4.79 Å². The largest absolute Gasteiger partial charge is 0.337 e. The second-order valence-electron chi connectivity index (χ2n) is 7.01. The molecule has 25 heavy (non-hydrogen) atoms. The second-order valence-corrected chi connectivity index (χ2v) is 7.01. The van der Waals surface area contributed by atoms with Gasteiger partial charge in [0.2, 0.25) is 5.91 Å². The fourth-order valence-electron chi connectivity index (χ4n) is 3.77. The molecule has 1 aromatic carbocycles. The van der Waals surface area contributed by atoms with Crippen molar-refractivity contribution < 1.29 is 9.59 Å². The number of aryl methyl sites for hydroxylation is 1. The summed E-state index contributed by atoms with van der Waals surface area (Å²) in [5.74, 6) is 0.0973. The number of rotatable bonds is 3. The van der Waals surface area contributed by atoms with Crippen LogP contribution in [0, 0.1) is 0 Å². The molecule has 5 heteroatoms. The molecule has 2 aliphatic rings. The van der Waals surface area contributed by atoms with Gasteiger partial charge in [-0.2, -0.15) is 0 Å². The van der Waals surface area contributed by atoms with E-state index in [-0.39, 0.29) is 11.9 Å². The van der Waals surface area contributed by atoms with Gasteiger partial charge in [-0.3, -0.25) is 4.79 Å². The highest BCUT2D eigenvalue weighted by atomic mass is 16.2. The number of nitrogens with one attached hydrogen (secondary N) is 1. The number of urea groups is 1. The van der Waals surface area contributed by atoms with Gasteiger partial charge in [0.05, 0.1) is 0 Å². The lowest BCUT2D eigenvalue weighted by Gasteiger charge is -2.30. The van der Waals surface area contributed by atoms with E-state index >= 15 is 0 Å². The highest BCUT2D eigenvalue weighted by Crippen LogP contribution is 2.27. The Hall–Kier alpha value is -2.04. The molecule has 1 aromatic rings.